The van der Waals surface area contributed by atoms with Crippen LogP contribution in [0.2, 0.25) is 0 Å². The van der Waals surface area contributed by atoms with Crippen molar-refractivity contribution in [2.24, 2.45) is 0 Å². The van der Waals surface area contributed by atoms with Gasteiger partial charge in [-0.05, 0) is 31.5 Å². The molecular formula is C14H11FN2O3. The van der Waals surface area contributed by atoms with Crippen molar-refractivity contribution in [3.63, 3.8) is 0 Å². The molecule has 1 aromatic heterocycles. The summed E-state index contributed by atoms with van der Waals surface area (Å²) >= 11 is 0. The molecule has 3 rings (SSSR count). The van der Waals surface area contributed by atoms with Crippen LogP contribution in [-0.2, 0) is 11.3 Å². The van der Waals surface area contributed by atoms with Crippen LogP contribution in [0.3, 0.4) is 0 Å². The van der Waals surface area contributed by atoms with Crippen molar-refractivity contribution in [3.05, 3.63) is 46.6 Å². The molecule has 0 atom stereocenters. The molecule has 0 radical (unpaired) electrons. The molecular weight excluding hydrogens is 263 g/mol. The minimum Gasteiger partial charge on any atom is -0.361 e. The van der Waals surface area contributed by atoms with E-state index in [0.29, 0.717) is 17.0 Å². The number of aromatic nitrogens is 1. The summed E-state index contributed by atoms with van der Waals surface area (Å²) in [7, 11) is 0. The van der Waals surface area contributed by atoms with Crippen molar-refractivity contribution in [2.75, 3.05) is 4.90 Å². The first-order chi connectivity index (χ1) is 9.47. The van der Waals surface area contributed by atoms with Crippen LogP contribution in [0, 0.1) is 19.7 Å². The highest BCUT2D eigenvalue weighted by Crippen LogP contribution is 2.33. The quantitative estimate of drug-likeness (QED) is 0.787. The number of rotatable bonds is 2. The first-order valence-corrected chi connectivity index (χ1v) is 6.06. The lowest BCUT2D eigenvalue weighted by Gasteiger charge is -2.15. The van der Waals surface area contributed by atoms with Crippen LogP contribution in [0.5, 0.6) is 0 Å². The minimum absolute atomic E-state index is 0.00882. The van der Waals surface area contributed by atoms with E-state index in [0.717, 1.165) is 4.90 Å². The van der Waals surface area contributed by atoms with Gasteiger partial charge in [0.2, 0.25) is 0 Å². The zero-order valence-corrected chi connectivity index (χ0v) is 10.9. The topological polar surface area (TPSA) is 63.4 Å². The second kappa shape index (κ2) is 4.26. The van der Waals surface area contributed by atoms with Crippen molar-refractivity contribution in [3.8, 4) is 0 Å². The normalized spacial score (nSPS) is 14.1. The van der Waals surface area contributed by atoms with Gasteiger partial charge < -0.3 is 4.52 Å². The molecule has 20 heavy (non-hydrogen) atoms. The van der Waals surface area contributed by atoms with Gasteiger partial charge in [0.1, 0.15) is 17.3 Å². The molecule has 0 unspecified atom stereocenters. The van der Waals surface area contributed by atoms with Gasteiger partial charge in [-0.15, -0.1) is 0 Å². The van der Waals surface area contributed by atoms with Gasteiger partial charge in [0.25, 0.3) is 11.7 Å². The number of hydrogen-bond acceptors (Lipinski definition) is 4. The zero-order valence-electron chi connectivity index (χ0n) is 10.9. The molecule has 1 aromatic carbocycles. The van der Waals surface area contributed by atoms with Crippen LogP contribution >= 0.6 is 0 Å². The number of benzene rings is 1. The first kappa shape index (κ1) is 12.5. The summed E-state index contributed by atoms with van der Waals surface area (Å²) in [6.07, 6.45) is 0. The van der Waals surface area contributed by atoms with Crippen LogP contribution in [0.25, 0.3) is 0 Å². The molecule has 5 nitrogen and oxygen atoms in total. The standard InChI is InChI=1S/C14H11FN2O3/c1-7-3-10-12(11(15)4-7)17(14(19)13(10)18)6-9-5-8(2)20-16-9/h3-5H,6H2,1-2H3. The van der Waals surface area contributed by atoms with Crippen LogP contribution in [0.4, 0.5) is 10.1 Å². The average molecular weight is 274 g/mol. The Bertz CT molecular complexity index is 736. The molecule has 0 bridgehead atoms. The van der Waals surface area contributed by atoms with E-state index < -0.39 is 17.5 Å². The molecule has 2 heterocycles. The van der Waals surface area contributed by atoms with Gasteiger partial charge in [0.05, 0.1) is 17.8 Å². The van der Waals surface area contributed by atoms with Crippen LogP contribution in [0.15, 0.2) is 22.7 Å². The van der Waals surface area contributed by atoms with Crippen molar-refractivity contribution in [1.29, 1.82) is 0 Å². The third-order valence-electron chi connectivity index (χ3n) is 3.16. The lowest BCUT2D eigenvalue weighted by atomic mass is 10.1. The summed E-state index contributed by atoms with van der Waals surface area (Å²) in [5.74, 6) is -1.44. The highest BCUT2D eigenvalue weighted by Gasteiger charge is 2.38. The molecule has 102 valence electrons. The Balaban J connectivity index is 2.06. The number of Topliss-reactive ketones (excluding diaryl/α,β-unsaturated/α-hetero) is 1. The minimum atomic E-state index is -0.745. The van der Waals surface area contributed by atoms with E-state index in [1.165, 1.54) is 12.1 Å². The highest BCUT2D eigenvalue weighted by atomic mass is 19.1. The van der Waals surface area contributed by atoms with Gasteiger partial charge in [-0.25, -0.2) is 4.39 Å². The first-order valence-electron chi connectivity index (χ1n) is 6.06. The number of aryl methyl sites for hydroxylation is 2. The largest absolute Gasteiger partial charge is 0.361 e. The Morgan fingerprint density at radius 3 is 2.65 bits per heavy atom. The molecule has 0 spiro atoms. The number of ketones is 1. The number of fused-ring (bicyclic) bond motifs is 1. The smallest absolute Gasteiger partial charge is 0.299 e. The van der Waals surface area contributed by atoms with Crippen molar-refractivity contribution in [1.82, 2.24) is 5.16 Å². The number of amides is 1. The Kier molecular flexibility index (Phi) is 2.67. The maximum Gasteiger partial charge on any atom is 0.299 e. The molecule has 0 saturated heterocycles. The maximum absolute atomic E-state index is 14.1. The van der Waals surface area contributed by atoms with Crippen LogP contribution in [0.1, 0.15) is 27.4 Å². The highest BCUT2D eigenvalue weighted by molar-refractivity contribution is 6.52. The third-order valence-corrected chi connectivity index (χ3v) is 3.16. The second-order valence-corrected chi connectivity index (χ2v) is 4.79. The molecule has 0 N–H and O–H groups in total. The number of nitrogens with zero attached hydrogens (tertiary/aromatic N) is 2. The average Bonchev–Trinajstić information content (AvgIpc) is 2.88. The molecule has 1 aliphatic heterocycles. The summed E-state index contributed by atoms with van der Waals surface area (Å²) in [6.45, 7) is 3.39. The summed E-state index contributed by atoms with van der Waals surface area (Å²) in [5, 5.41) is 3.76. The lowest BCUT2D eigenvalue weighted by Crippen LogP contribution is -2.29. The lowest BCUT2D eigenvalue weighted by molar-refractivity contribution is -0.114. The maximum atomic E-state index is 14.1. The van der Waals surface area contributed by atoms with Gasteiger partial charge in [-0.1, -0.05) is 5.16 Å². The Hall–Kier alpha value is -2.50. The molecule has 2 aromatic rings. The SMILES string of the molecule is Cc1cc(F)c2c(c1)C(=O)C(=O)N2Cc1cc(C)on1. The van der Waals surface area contributed by atoms with E-state index in [-0.39, 0.29) is 17.8 Å². The van der Waals surface area contributed by atoms with E-state index in [2.05, 4.69) is 5.16 Å². The summed E-state index contributed by atoms with van der Waals surface area (Å²) in [6, 6.07) is 4.46. The predicted molar refractivity (Wildman–Crippen MR) is 67.9 cm³/mol. The van der Waals surface area contributed by atoms with Crippen LogP contribution in [-0.4, -0.2) is 16.8 Å². The molecule has 1 amide bonds. The number of anilines is 1. The molecule has 0 saturated carbocycles. The molecule has 6 heteroatoms. The fourth-order valence-electron chi connectivity index (χ4n) is 2.33. The summed E-state index contributed by atoms with van der Waals surface area (Å²) in [5.41, 5.74) is 1.19. The van der Waals surface area contributed by atoms with E-state index in [9.17, 15) is 14.0 Å². The Morgan fingerprint density at radius 1 is 1.25 bits per heavy atom. The van der Waals surface area contributed by atoms with Crippen LogP contribution < -0.4 is 4.90 Å². The van der Waals surface area contributed by atoms with Crippen molar-refractivity contribution in [2.45, 2.75) is 20.4 Å². The third kappa shape index (κ3) is 1.80. The Morgan fingerprint density at radius 2 is 2.00 bits per heavy atom. The number of hydrogen-bond donors (Lipinski definition) is 0. The van der Waals surface area contributed by atoms with Crippen molar-refractivity contribution < 1.29 is 18.5 Å². The van der Waals surface area contributed by atoms with Crippen molar-refractivity contribution >= 4 is 17.4 Å². The molecule has 1 aliphatic rings. The van der Waals surface area contributed by atoms with Gasteiger partial charge in [-0.3, -0.25) is 14.5 Å². The number of carbonyl (C=O) groups excluding carboxylic acids is 2. The molecule has 0 fully saturated rings. The fraction of sp³-hybridized carbons (Fsp3) is 0.214. The predicted octanol–water partition coefficient (Wildman–Crippen LogP) is 2.16. The van der Waals surface area contributed by atoms with Gasteiger partial charge in [-0.2, -0.15) is 0 Å². The second-order valence-electron chi connectivity index (χ2n) is 4.79. The van der Waals surface area contributed by atoms with Gasteiger partial charge in [0, 0.05) is 6.07 Å². The zero-order chi connectivity index (χ0) is 14.4. The monoisotopic (exact) mass is 274 g/mol. The number of carbonyl (C=O) groups is 2. The summed E-state index contributed by atoms with van der Waals surface area (Å²) < 4.78 is 19.0. The van der Waals surface area contributed by atoms with E-state index in [1.807, 2.05) is 0 Å². The van der Waals surface area contributed by atoms with E-state index in [4.69, 9.17) is 4.52 Å². The fourth-order valence-corrected chi connectivity index (χ4v) is 2.33. The van der Waals surface area contributed by atoms with Gasteiger partial charge in [0.15, 0.2) is 0 Å². The molecule has 0 aliphatic carbocycles. The van der Waals surface area contributed by atoms with Gasteiger partial charge >= 0.3 is 0 Å². The number of halogens is 1. The Labute approximate surface area is 114 Å². The summed E-state index contributed by atoms with van der Waals surface area (Å²) in [4.78, 5) is 25.0. The van der Waals surface area contributed by atoms with E-state index in [1.54, 1.807) is 19.9 Å². The van der Waals surface area contributed by atoms with E-state index >= 15 is 0 Å².